The van der Waals surface area contributed by atoms with Crippen LogP contribution in [0.3, 0.4) is 0 Å². The van der Waals surface area contributed by atoms with E-state index in [4.69, 9.17) is 4.74 Å². The molecule has 1 aromatic carbocycles. The fourth-order valence-corrected chi connectivity index (χ4v) is 3.52. The van der Waals surface area contributed by atoms with Crippen LogP contribution in [0.4, 0.5) is 11.5 Å². The molecule has 1 aromatic heterocycles. The summed E-state index contributed by atoms with van der Waals surface area (Å²) < 4.78 is 6.02. The van der Waals surface area contributed by atoms with E-state index in [1.54, 1.807) is 0 Å². The second-order valence-corrected chi connectivity index (χ2v) is 8.08. The summed E-state index contributed by atoms with van der Waals surface area (Å²) >= 11 is 0. The molecular formula is C26H40N4O. The topological polar surface area (TPSA) is 49.8 Å². The van der Waals surface area contributed by atoms with Crippen LogP contribution in [0.15, 0.2) is 41.5 Å². The number of hydrogen-bond donors (Lipinski definition) is 1. The third kappa shape index (κ3) is 9.41. The molecule has 0 bridgehead atoms. The van der Waals surface area contributed by atoms with Gasteiger partial charge in [-0.05, 0) is 31.7 Å². The predicted octanol–water partition coefficient (Wildman–Crippen LogP) is 6.81. The molecule has 0 unspecified atom stereocenters. The molecule has 0 aliphatic carbocycles. The van der Waals surface area contributed by atoms with Gasteiger partial charge in [-0.1, -0.05) is 76.3 Å². The summed E-state index contributed by atoms with van der Waals surface area (Å²) in [5.74, 6) is 1.37. The summed E-state index contributed by atoms with van der Waals surface area (Å²) in [5.41, 5.74) is 6.51. The summed E-state index contributed by atoms with van der Waals surface area (Å²) in [6, 6.07) is 12.4. The van der Waals surface area contributed by atoms with Gasteiger partial charge in [-0.25, -0.2) is 0 Å². The van der Waals surface area contributed by atoms with Crippen molar-refractivity contribution in [2.24, 2.45) is 5.10 Å². The summed E-state index contributed by atoms with van der Waals surface area (Å²) in [6.45, 7) is 11.5. The largest absolute Gasteiger partial charge is 0.478 e. The van der Waals surface area contributed by atoms with E-state index in [0.29, 0.717) is 18.3 Å². The molecule has 0 radical (unpaired) electrons. The molecule has 5 nitrogen and oxygen atoms in total. The van der Waals surface area contributed by atoms with Crippen LogP contribution in [0, 0.1) is 6.92 Å². The SMILES string of the molecule is CCCCCCCOc1cc(N(CCC)CCC)cc(N/N=C/c2cccc(C)c2)n1. The number of unbranched alkanes of at least 4 members (excludes halogenated alkanes) is 4. The molecule has 1 N–H and O–H groups in total. The van der Waals surface area contributed by atoms with Crippen molar-refractivity contribution >= 4 is 17.7 Å². The number of hydrazone groups is 1. The van der Waals surface area contributed by atoms with Crippen LogP contribution in [0.25, 0.3) is 0 Å². The first-order valence-electron chi connectivity index (χ1n) is 11.9. The molecule has 2 aromatic rings. The molecule has 0 spiro atoms. The van der Waals surface area contributed by atoms with Gasteiger partial charge in [0.05, 0.1) is 12.8 Å². The summed E-state index contributed by atoms with van der Waals surface area (Å²) in [7, 11) is 0. The third-order valence-electron chi connectivity index (χ3n) is 5.07. The molecule has 31 heavy (non-hydrogen) atoms. The number of nitrogens with zero attached hydrogens (tertiary/aromatic N) is 3. The van der Waals surface area contributed by atoms with E-state index in [-0.39, 0.29) is 0 Å². The average Bonchev–Trinajstić information content (AvgIpc) is 2.76. The van der Waals surface area contributed by atoms with Crippen LogP contribution in [0.1, 0.15) is 76.8 Å². The number of pyridine rings is 1. The van der Waals surface area contributed by atoms with Gasteiger partial charge in [-0.15, -0.1) is 0 Å². The lowest BCUT2D eigenvalue weighted by Crippen LogP contribution is -2.25. The van der Waals surface area contributed by atoms with Crippen LogP contribution in [-0.4, -0.2) is 30.9 Å². The van der Waals surface area contributed by atoms with E-state index in [0.717, 1.165) is 43.6 Å². The Balaban J connectivity index is 2.11. The second kappa shape index (κ2) is 14.4. The van der Waals surface area contributed by atoms with E-state index >= 15 is 0 Å². The van der Waals surface area contributed by atoms with Gasteiger partial charge in [-0.3, -0.25) is 5.43 Å². The Morgan fingerprint density at radius 2 is 1.74 bits per heavy atom. The Hall–Kier alpha value is -2.56. The normalized spacial score (nSPS) is 11.1. The first-order valence-corrected chi connectivity index (χ1v) is 11.9. The first kappa shape index (κ1) is 24.7. The van der Waals surface area contributed by atoms with E-state index in [1.807, 2.05) is 18.3 Å². The minimum absolute atomic E-state index is 0.665. The maximum atomic E-state index is 6.02. The molecule has 170 valence electrons. The zero-order valence-corrected chi connectivity index (χ0v) is 19.9. The number of rotatable bonds is 15. The number of aryl methyl sites for hydroxylation is 1. The van der Waals surface area contributed by atoms with Crippen LogP contribution in [0.5, 0.6) is 5.88 Å². The smallest absolute Gasteiger partial charge is 0.217 e. The summed E-state index contributed by atoms with van der Waals surface area (Å²) in [5, 5.41) is 4.41. The lowest BCUT2D eigenvalue weighted by molar-refractivity contribution is 0.294. The van der Waals surface area contributed by atoms with E-state index < -0.39 is 0 Å². The molecule has 0 amide bonds. The Morgan fingerprint density at radius 1 is 0.968 bits per heavy atom. The maximum absolute atomic E-state index is 6.02. The van der Waals surface area contributed by atoms with Crippen LogP contribution in [0.2, 0.25) is 0 Å². The molecular weight excluding hydrogens is 384 g/mol. The van der Waals surface area contributed by atoms with Crippen LogP contribution < -0.4 is 15.1 Å². The van der Waals surface area contributed by atoms with Crippen molar-refractivity contribution < 1.29 is 4.74 Å². The number of nitrogens with one attached hydrogen (secondary N) is 1. The highest BCUT2D eigenvalue weighted by Gasteiger charge is 2.10. The molecule has 0 saturated heterocycles. The molecule has 0 saturated carbocycles. The highest BCUT2D eigenvalue weighted by molar-refractivity contribution is 5.80. The lowest BCUT2D eigenvalue weighted by atomic mass is 10.2. The van der Waals surface area contributed by atoms with Crippen molar-refractivity contribution in [3.05, 3.63) is 47.5 Å². The first-order chi connectivity index (χ1) is 15.2. The van der Waals surface area contributed by atoms with E-state index in [1.165, 1.54) is 31.2 Å². The fourth-order valence-electron chi connectivity index (χ4n) is 3.52. The molecule has 5 heteroatoms. The van der Waals surface area contributed by atoms with Crippen molar-refractivity contribution in [3.8, 4) is 5.88 Å². The van der Waals surface area contributed by atoms with E-state index in [2.05, 4.69) is 72.4 Å². The molecule has 0 aliphatic heterocycles. The quantitative estimate of drug-likeness (QED) is 0.194. The maximum Gasteiger partial charge on any atom is 0.217 e. The zero-order valence-electron chi connectivity index (χ0n) is 19.9. The van der Waals surface area contributed by atoms with Crippen molar-refractivity contribution in [1.29, 1.82) is 0 Å². The highest BCUT2D eigenvalue weighted by Crippen LogP contribution is 2.25. The van der Waals surface area contributed by atoms with Gasteiger partial charge in [0.25, 0.3) is 0 Å². The van der Waals surface area contributed by atoms with E-state index in [9.17, 15) is 0 Å². The van der Waals surface area contributed by atoms with Gasteiger partial charge < -0.3 is 9.64 Å². The molecule has 0 atom stereocenters. The molecule has 0 fully saturated rings. The Bertz CT molecular complexity index is 785. The molecule has 0 aliphatic rings. The lowest BCUT2D eigenvalue weighted by Gasteiger charge is -2.24. The van der Waals surface area contributed by atoms with Crippen molar-refractivity contribution in [2.45, 2.75) is 72.6 Å². The Morgan fingerprint density at radius 3 is 2.45 bits per heavy atom. The number of benzene rings is 1. The zero-order chi connectivity index (χ0) is 22.3. The van der Waals surface area contributed by atoms with Gasteiger partial charge in [0, 0.05) is 30.9 Å². The predicted molar refractivity (Wildman–Crippen MR) is 134 cm³/mol. The number of anilines is 2. The van der Waals surface area contributed by atoms with Crippen molar-refractivity contribution in [3.63, 3.8) is 0 Å². The molecule has 1 heterocycles. The third-order valence-corrected chi connectivity index (χ3v) is 5.07. The summed E-state index contributed by atoms with van der Waals surface area (Å²) in [4.78, 5) is 7.04. The average molecular weight is 425 g/mol. The monoisotopic (exact) mass is 424 g/mol. The minimum Gasteiger partial charge on any atom is -0.478 e. The van der Waals surface area contributed by atoms with Gasteiger partial charge in [0.2, 0.25) is 5.88 Å². The second-order valence-electron chi connectivity index (χ2n) is 8.08. The number of hydrogen-bond acceptors (Lipinski definition) is 5. The number of aromatic nitrogens is 1. The van der Waals surface area contributed by atoms with Crippen LogP contribution in [-0.2, 0) is 0 Å². The molecule has 2 rings (SSSR count). The van der Waals surface area contributed by atoms with Crippen LogP contribution >= 0.6 is 0 Å². The Labute approximate surface area is 188 Å². The van der Waals surface area contributed by atoms with Gasteiger partial charge in [0.1, 0.15) is 0 Å². The minimum atomic E-state index is 0.665. The van der Waals surface area contributed by atoms with Gasteiger partial charge in [-0.2, -0.15) is 10.1 Å². The fraction of sp³-hybridized carbons (Fsp3) is 0.538. The highest BCUT2D eigenvalue weighted by atomic mass is 16.5. The van der Waals surface area contributed by atoms with Crippen molar-refractivity contribution in [2.75, 3.05) is 30.0 Å². The standard InChI is InChI=1S/C26H40N4O/c1-5-8-9-10-11-17-31-26-20-24(30(15-6-2)16-7-3)19-25(28-26)29-27-21-23-14-12-13-22(4)18-23/h12-14,18-21H,5-11,15-17H2,1-4H3,(H,28,29)/b27-21+. The Kier molecular flexibility index (Phi) is 11.5. The van der Waals surface area contributed by atoms with Gasteiger partial charge >= 0.3 is 0 Å². The van der Waals surface area contributed by atoms with Crippen molar-refractivity contribution in [1.82, 2.24) is 4.98 Å². The van der Waals surface area contributed by atoms with Gasteiger partial charge in [0.15, 0.2) is 5.82 Å². The number of ether oxygens (including phenoxy) is 1. The summed E-state index contributed by atoms with van der Waals surface area (Å²) in [6.07, 6.45) is 10.1.